The molecule has 0 spiro atoms. The van der Waals surface area contributed by atoms with E-state index in [2.05, 4.69) is 36.9 Å². The van der Waals surface area contributed by atoms with Crippen LogP contribution >= 0.6 is 0 Å². The molecule has 0 aromatic heterocycles. The average Bonchev–Trinajstić information content (AvgIpc) is 3.56. The van der Waals surface area contributed by atoms with Gasteiger partial charge in [-0.05, 0) is 76.4 Å². The molecule has 1 N–H and O–H groups in total. The van der Waals surface area contributed by atoms with Gasteiger partial charge in [0.1, 0.15) is 5.75 Å². The summed E-state index contributed by atoms with van der Waals surface area (Å²) in [7, 11) is 4.13. The molecule has 3 aliphatic rings. The second kappa shape index (κ2) is 15.0. The summed E-state index contributed by atoms with van der Waals surface area (Å²) in [6.07, 6.45) is 7.81. The number of benzene rings is 1. The molecule has 3 aliphatic heterocycles. The first-order valence-electron chi connectivity index (χ1n) is 15.7. The van der Waals surface area contributed by atoms with Gasteiger partial charge in [-0.3, -0.25) is 19.3 Å². The van der Waals surface area contributed by atoms with Crippen molar-refractivity contribution in [2.45, 2.75) is 76.7 Å². The Balaban J connectivity index is 1.53. The van der Waals surface area contributed by atoms with Gasteiger partial charge in [0.15, 0.2) is 0 Å². The second-order valence-electron chi connectivity index (χ2n) is 12.3. The highest BCUT2D eigenvalue weighted by Crippen LogP contribution is 2.41. The van der Waals surface area contributed by atoms with Crippen LogP contribution in [0.5, 0.6) is 5.75 Å². The summed E-state index contributed by atoms with van der Waals surface area (Å²) in [5.74, 6) is -0.587. The van der Waals surface area contributed by atoms with E-state index in [9.17, 15) is 19.5 Å². The SMILES string of the molecule is CCCCN(CCCCN(C)C)C(=O)CN1C[C@H](c2ccc3c(c2)CCO3)C(C(=O)O)[C@@H]1CCN1CCCCC1=O. The molecular formula is C32H50N4O5. The van der Waals surface area contributed by atoms with Gasteiger partial charge >= 0.3 is 5.97 Å². The van der Waals surface area contributed by atoms with Gasteiger partial charge in [0.05, 0.1) is 19.1 Å². The van der Waals surface area contributed by atoms with Crippen molar-refractivity contribution in [3.63, 3.8) is 0 Å². The molecule has 0 saturated carbocycles. The van der Waals surface area contributed by atoms with E-state index < -0.39 is 11.9 Å². The molecule has 228 valence electrons. The van der Waals surface area contributed by atoms with Crippen molar-refractivity contribution in [1.29, 1.82) is 0 Å². The van der Waals surface area contributed by atoms with Gasteiger partial charge < -0.3 is 24.5 Å². The monoisotopic (exact) mass is 570 g/mol. The fourth-order valence-electron chi connectivity index (χ4n) is 6.73. The van der Waals surface area contributed by atoms with Crippen molar-refractivity contribution in [2.24, 2.45) is 5.92 Å². The Morgan fingerprint density at radius 1 is 1.07 bits per heavy atom. The van der Waals surface area contributed by atoms with Gasteiger partial charge in [-0.25, -0.2) is 0 Å². The third-order valence-corrected chi connectivity index (χ3v) is 9.05. The minimum Gasteiger partial charge on any atom is -0.493 e. The molecule has 9 heteroatoms. The predicted octanol–water partition coefficient (Wildman–Crippen LogP) is 3.46. The molecule has 1 unspecified atom stereocenters. The number of piperidine rings is 1. The molecule has 1 aromatic rings. The predicted molar refractivity (Wildman–Crippen MR) is 159 cm³/mol. The number of fused-ring (bicyclic) bond motifs is 1. The number of nitrogens with zero attached hydrogens (tertiary/aromatic N) is 4. The maximum Gasteiger partial charge on any atom is 0.308 e. The summed E-state index contributed by atoms with van der Waals surface area (Å²) in [5.41, 5.74) is 2.13. The van der Waals surface area contributed by atoms with Crippen LogP contribution in [-0.2, 0) is 20.8 Å². The van der Waals surface area contributed by atoms with E-state index in [-0.39, 0.29) is 30.3 Å². The van der Waals surface area contributed by atoms with Crippen molar-refractivity contribution in [1.82, 2.24) is 19.6 Å². The van der Waals surface area contributed by atoms with Crippen molar-refractivity contribution in [3.05, 3.63) is 29.3 Å². The first-order chi connectivity index (χ1) is 19.8. The van der Waals surface area contributed by atoms with E-state index in [4.69, 9.17) is 4.74 Å². The van der Waals surface area contributed by atoms with Crippen molar-refractivity contribution >= 4 is 17.8 Å². The summed E-state index contributed by atoms with van der Waals surface area (Å²) in [4.78, 5) is 47.3. The third-order valence-electron chi connectivity index (χ3n) is 9.05. The topological polar surface area (TPSA) is 93.6 Å². The summed E-state index contributed by atoms with van der Waals surface area (Å²) < 4.78 is 5.70. The van der Waals surface area contributed by atoms with E-state index >= 15 is 0 Å². The molecule has 41 heavy (non-hydrogen) atoms. The van der Waals surface area contributed by atoms with E-state index in [1.165, 1.54) is 0 Å². The number of carboxylic acid groups (broad SMARTS) is 1. The highest BCUT2D eigenvalue weighted by atomic mass is 16.5. The number of carbonyl (C=O) groups is 3. The number of unbranched alkanes of at least 4 members (excludes halogenated alkanes) is 2. The molecule has 0 radical (unpaired) electrons. The lowest BCUT2D eigenvalue weighted by atomic mass is 9.83. The third kappa shape index (κ3) is 8.22. The van der Waals surface area contributed by atoms with Crippen LogP contribution in [0.4, 0.5) is 0 Å². The molecule has 9 nitrogen and oxygen atoms in total. The van der Waals surface area contributed by atoms with E-state index in [1.54, 1.807) is 0 Å². The Hall–Kier alpha value is -2.65. The molecule has 2 fully saturated rings. The van der Waals surface area contributed by atoms with Crippen LogP contribution in [0.2, 0.25) is 0 Å². The Morgan fingerprint density at radius 3 is 2.59 bits per heavy atom. The van der Waals surface area contributed by atoms with E-state index in [0.29, 0.717) is 32.5 Å². The Kier molecular flexibility index (Phi) is 11.5. The lowest BCUT2D eigenvalue weighted by Gasteiger charge is -2.32. The fourth-order valence-corrected chi connectivity index (χ4v) is 6.73. The Bertz CT molecular complexity index is 1050. The summed E-state index contributed by atoms with van der Waals surface area (Å²) in [6.45, 7) is 7.23. The van der Waals surface area contributed by atoms with Crippen LogP contribution in [0.25, 0.3) is 0 Å². The minimum absolute atomic E-state index is 0.0782. The number of rotatable bonds is 15. The maximum atomic E-state index is 13.8. The summed E-state index contributed by atoms with van der Waals surface area (Å²) >= 11 is 0. The lowest BCUT2D eigenvalue weighted by molar-refractivity contribution is -0.144. The largest absolute Gasteiger partial charge is 0.493 e. The van der Waals surface area contributed by atoms with Gasteiger partial charge in [0.2, 0.25) is 11.8 Å². The molecule has 4 rings (SSSR count). The normalized spacial score (nSPS) is 22.7. The first kappa shape index (κ1) is 31.3. The molecule has 0 aliphatic carbocycles. The molecule has 1 aromatic carbocycles. The molecule has 3 heterocycles. The zero-order chi connectivity index (χ0) is 29.4. The van der Waals surface area contributed by atoms with Crippen molar-refractivity contribution in [2.75, 3.05) is 66.5 Å². The van der Waals surface area contributed by atoms with Crippen molar-refractivity contribution < 1.29 is 24.2 Å². The van der Waals surface area contributed by atoms with E-state index in [1.807, 2.05) is 21.9 Å². The van der Waals surface area contributed by atoms with Crippen LogP contribution in [0.15, 0.2) is 18.2 Å². The second-order valence-corrected chi connectivity index (χ2v) is 12.3. The summed E-state index contributed by atoms with van der Waals surface area (Å²) in [6, 6.07) is 5.76. The number of amides is 2. The number of aliphatic carboxylic acids is 1. The fraction of sp³-hybridized carbons (Fsp3) is 0.719. The number of ether oxygens (including phenoxy) is 1. The maximum absolute atomic E-state index is 13.8. The molecule has 0 bridgehead atoms. The van der Waals surface area contributed by atoms with Gasteiger partial charge in [0, 0.05) is 57.5 Å². The van der Waals surface area contributed by atoms with Crippen LogP contribution in [0, 0.1) is 5.92 Å². The molecule has 2 amide bonds. The number of likely N-dealkylation sites (tertiary alicyclic amines) is 2. The number of carboxylic acids is 1. The zero-order valence-electron chi connectivity index (χ0n) is 25.4. The van der Waals surface area contributed by atoms with Crippen LogP contribution in [0.3, 0.4) is 0 Å². The van der Waals surface area contributed by atoms with Crippen molar-refractivity contribution in [3.8, 4) is 5.75 Å². The van der Waals surface area contributed by atoms with Gasteiger partial charge in [-0.2, -0.15) is 0 Å². The van der Waals surface area contributed by atoms with Gasteiger partial charge in [-0.1, -0.05) is 25.5 Å². The van der Waals surface area contributed by atoms with Crippen LogP contribution < -0.4 is 4.74 Å². The highest BCUT2D eigenvalue weighted by molar-refractivity contribution is 5.79. The molecule has 3 atom stereocenters. The number of carbonyl (C=O) groups excluding carboxylic acids is 2. The standard InChI is InChI=1S/C32H50N4O5/c1-4-5-16-34(18-9-8-15-33(2)3)30(38)23-36-22-26(24-11-12-28-25(21-24)14-20-41-28)31(32(39)40)27(36)13-19-35-17-7-6-10-29(35)37/h11-12,21,26-27,31H,4-10,13-20,22-23H2,1-3H3,(H,39,40)/t26-,27+,31?/m1/s1. The van der Waals surface area contributed by atoms with Crippen LogP contribution in [-0.4, -0.2) is 115 Å². The minimum atomic E-state index is -0.830. The smallest absolute Gasteiger partial charge is 0.308 e. The van der Waals surface area contributed by atoms with Gasteiger partial charge in [-0.15, -0.1) is 0 Å². The highest BCUT2D eigenvalue weighted by Gasteiger charge is 2.47. The average molecular weight is 571 g/mol. The Labute approximate surface area is 245 Å². The summed E-state index contributed by atoms with van der Waals surface area (Å²) in [5, 5.41) is 10.5. The number of hydrogen-bond acceptors (Lipinski definition) is 6. The first-order valence-corrected chi connectivity index (χ1v) is 15.7. The number of hydrogen-bond donors (Lipinski definition) is 1. The van der Waals surface area contributed by atoms with Gasteiger partial charge in [0.25, 0.3) is 0 Å². The lowest BCUT2D eigenvalue weighted by Crippen LogP contribution is -2.46. The van der Waals surface area contributed by atoms with Crippen LogP contribution in [0.1, 0.15) is 75.3 Å². The molecule has 2 saturated heterocycles. The Morgan fingerprint density at radius 2 is 1.85 bits per heavy atom. The quantitative estimate of drug-likeness (QED) is 0.323. The zero-order valence-corrected chi connectivity index (χ0v) is 25.4. The van der Waals surface area contributed by atoms with E-state index in [0.717, 1.165) is 88.0 Å². The molecular weight excluding hydrogens is 520 g/mol.